The molecule has 0 aliphatic heterocycles. The molecule has 1 N–H and O–H groups in total. The second kappa shape index (κ2) is 18.3. The zero-order valence-corrected chi connectivity index (χ0v) is 22.4. The predicted octanol–water partition coefficient (Wildman–Crippen LogP) is 8.67. The van der Waals surface area contributed by atoms with E-state index in [4.69, 9.17) is 4.74 Å². The van der Waals surface area contributed by atoms with E-state index >= 15 is 0 Å². The van der Waals surface area contributed by atoms with Gasteiger partial charge in [-0.25, -0.2) is 0 Å². The molecular formula is C28H50O4S. The Balaban J connectivity index is 2.72. The lowest BCUT2D eigenvalue weighted by molar-refractivity contribution is 0.243. The van der Waals surface area contributed by atoms with Crippen LogP contribution in [0.3, 0.4) is 0 Å². The molecule has 0 aromatic heterocycles. The Morgan fingerprint density at radius 3 is 1.76 bits per heavy atom. The smallest absolute Gasteiger partial charge is 0.303 e. The molecule has 0 saturated carbocycles. The number of hydrogen-bond donors (Lipinski definition) is 1. The van der Waals surface area contributed by atoms with E-state index < -0.39 is 15.6 Å². The molecule has 0 heterocycles. The average molecular weight is 483 g/mol. The lowest BCUT2D eigenvalue weighted by atomic mass is 9.99. The summed E-state index contributed by atoms with van der Waals surface area (Å²) in [5.74, 6) is 0.637. The summed E-state index contributed by atoms with van der Waals surface area (Å²) in [5.41, 5.74) is 1.05. The van der Waals surface area contributed by atoms with Crippen molar-refractivity contribution in [3.05, 3.63) is 29.3 Å². The summed E-state index contributed by atoms with van der Waals surface area (Å²) in [6.45, 7) is 6.37. The topological polar surface area (TPSA) is 63.6 Å². The first-order valence-electron chi connectivity index (χ1n) is 13.7. The first kappa shape index (κ1) is 30.0. The SMILES string of the molecule is CCCCCCCCCc1ccc(CCCCCCCCC)c(OC(CCC)S(=O)(=O)O)c1. The molecule has 0 saturated heterocycles. The Hall–Kier alpha value is -1.07. The van der Waals surface area contributed by atoms with Crippen molar-refractivity contribution in [1.82, 2.24) is 0 Å². The van der Waals surface area contributed by atoms with Crippen molar-refractivity contribution < 1.29 is 17.7 Å². The molecule has 4 nitrogen and oxygen atoms in total. The number of rotatable bonds is 21. The third-order valence-corrected chi connectivity index (χ3v) is 7.36. The lowest BCUT2D eigenvalue weighted by Gasteiger charge is -2.19. The van der Waals surface area contributed by atoms with Gasteiger partial charge in [0.25, 0.3) is 0 Å². The van der Waals surface area contributed by atoms with Crippen LogP contribution in [0.4, 0.5) is 0 Å². The molecule has 0 amide bonds. The van der Waals surface area contributed by atoms with Crippen LogP contribution in [-0.2, 0) is 23.0 Å². The fourth-order valence-corrected chi connectivity index (χ4v) is 5.03. The largest absolute Gasteiger partial charge is 0.472 e. The zero-order chi connectivity index (χ0) is 24.4. The summed E-state index contributed by atoms with van der Waals surface area (Å²) in [4.78, 5) is 0. The van der Waals surface area contributed by atoms with Gasteiger partial charge in [-0.3, -0.25) is 4.55 Å². The molecule has 33 heavy (non-hydrogen) atoms. The summed E-state index contributed by atoms with van der Waals surface area (Å²) in [7, 11) is -4.25. The van der Waals surface area contributed by atoms with Crippen molar-refractivity contribution >= 4 is 10.1 Å². The van der Waals surface area contributed by atoms with E-state index in [0.29, 0.717) is 12.2 Å². The van der Waals surface area contributed by atoms with Gasteiger partial charge in [-0.05, 0) is 42.9 Å². The standard InChI is InChI=1S/C28H50O4S/c1-4-7-9-11-13-15-17-20-25-22-23-26(21-18-16-14-12-10-8-5-2)27(24-25)32-28(19-6-3)33(29,30)31/h22-24,28H,4-21H2,1-3H3,(H,29,30,31). The molecule has 192 valence electrons. The van der Waals surface area contributed by atoms with Gasteiger partial charge in [-0.15, -0.1) is 0 Å². The van der Waals surface area contributed by atoms with Crippen LogP contribution in [0.2, 0.25) is 0 Å². The number of hydrogen-bond acceptors (Lipinski definition) is 3. The van der Waals surface area contributed by atoms with Crippen LogP contribution >= 0.6 is 0 Å². The van der Waals surface area contributed by atoms with Crippen LogP contribution in [-0.4, -0.2) is 18.4 Å². The molecule has 5 heteroatoms. The first-order chi connectivity index (χ1) is 15.9. The quantitative estimate of drug-likeness (QED) is 0.141. The van der Waals surface area contributed by atoms with Crippen LogP contribution in [0.25, 0.3) is 0 Å². The number of ether oxygens (including phenoxy) is 1. The van der Waals surface area contributed by atoms with E-state index in [2.05, 4.69) is 26.0 Å². The molecule has 1 rings (SSSR count). The van der Waals surface area contributed by atoms with Gasteiger partial charge >= 0.3 is 10.1 Å². The Bertz CT molecular complexity index is 715. The van der Waals surface area contributed by atoms with E-state index in [1.54, 1.807) is 0 Å². The number of aryl methyl sites for hydroxylation is 2. The molecule has 0 spiro atoms. The van der Waals surface area contributed by atoms with Crippen molar-refractivity contribution in [2.24, 2.45) is 0 Å². The molecule has 1 aromatic rings. The summed E-state index contributed by atoms with van der Waals surface area (Å²) in [6.07, 6.45) is 20.3. The molecule has 1 atom stereocenters. The Morgan fingerprint density at radius 1 is 0.727 bits per heavy atom. The van der Waals surface area contributed by atoms with Gasteiger partial charge in [0.1, 0.15) is 5.75 Å². The summed E-state index contributed by atoms with van der Waals surface area (Å²) >= 11 is 0. The molecule has 1 aromatic carbocycles. The van der Waals surface area contributed by atoms with Gasteiger partial charge in [0.05, 0.1) is 0 Å². The second-order valence-electron chi connectivity index (χ2n) is 9.54. The normalized spacial score (nSPS) is 12.7. The maximum absolute atomic E-state index is 11.9. The minimum atomic E-state index is -4.25. The molecule has 0 fully saturated rings. The molecule has 0 aliphatic carbocycles. The van der Waals surface area contributed by atoms with E-state index in [9.17, 15) is 13.0 Å². The Kier molecular flexibility index (Phi) is 16.6. The van der Waals surface area contributed by atoms with E-state index in [0.717, 1.165) is 31.2 Å². The first-order valence-corrected chi connectivity index (χ1v) is 15.2. The molecule has 0 radical (unpaired) electrons. The number of unbranched alkanes of at least 4 members (excludes halogenated alkanes) is 12. The van der Waals surface area contributed by atoms with Crippen LogP contribution < -0.4 is 4.74 Å². The minimum Gasteiger partial charge on any atom is -0.472 e. The van der Waals surface area contributed by atoms with Gasteiger partial charge in [-0.2, -0.15) is 8.42 Å². The van der Waals surface area contributed by atoms with Gasteiger partial charge in [0.2, 0.25) is 5.44 Å². The third-order valence-electron chi connectivity index (χ3n) is 6.37. The molecule has 1 unspecified atom stereocenters. The fraction of sp³-hybridized carbons (Fsp3) is 0.786. The monoisotopic (exact) mass is 482 g/mol. The van der Waals surface area contributed by atoms with Gasteiger partial charge in [0.15, 0.2) is 0 Å². The fourth-order valence-electron chi connectivity index (χ4n) is 4.28. The highest BCUT2D eigenvalue weighted by Gasteiger charge is 2.25. The minimum absolute atomic E-state index is 0.289. The number of benzene rings is 1. The summed E-state index contributed by atoms with van der Waals surface area (Å²) < 4.78 is 39.3. The van der Waals surface area contributed by atoms with Gasteiger partial charge in [-0.1, -0.05) is 116 Å². The van der Waals surface area contributed by atoms with Crippen molar-refractivity contribution in [2.75, 3.05) is 0 Å². The maximum Gasteiger partial charge on any atom is 0.303 e. The van der Waals surface area contributed by atoms with Crippen molar-refractivity contribution in [3.63, 3.8) is 0 Å². The highest BCUT2D eigenvalue weighted by Crippen LogP contribution is 2.27. The second-order valence-corrected chi connectivity index (χ2v) is 11.1. The van der Waals surface area contributed by atoms with Crippen molar-refractivity contribution in [3.8, 4) is 5.75 Å². The van der Waals surface area contributed by atoms with Crippen molar-refractivity contribution in [2.45, 2.75) is 142 Å². The van der Waals surface area contributed by atoms with Crippen LogP contribution in [0, 0.1) is 0 Å². The maximum atomic E-state index is 11.9. The Labute approximate surface area is 204 Å². The van der Waals surface area contributed by atoms with Crippen molar-refractivity contribution in [1.29, 1.82) is 0 Å². The highest BCUT2D eigenvalue weighted by atomic mass is 32.2. The highest BCUT2D eigenvalue weighted by molar-refractivity contribution is 7.86. The Morgan fingerprint density at radius 2 is 1.24 bits per heavy atom. The summed E-state index contributed by atoms with van der Waals surface area (Å²) in [5, 5.41) is 0. The summed E-state index contributed by atoms with van der Waals surface area (Å²) in [6, 6.07) is 6.29. The lowest BCUT2D eigenvalue weighted by Crippen LogP contribution is -2.27. The molecular weight excluding hydrogens is 432 g/mol. The van der Waals surface area contributed by atoms with E-state index in [1.807, 2.05) is 13.0 Å². The molecule has 0 aliphatic rings. The van der Waals surface area contributed by atoms with E-state index in [1.165, 1.54) is 82.6 Å². The van der Waals surface area contributed by atoms with E-state index in [-0.39, 0.29) is 6.42 Å². The van der Waals surface area contributed by atoms with Gasteiger partial charge in [0, 0.05) is 6.42 Å². The predicted molar refractivity (Wildman–Crippen MR) is 141 cm³/mol. The average Bonchev–Trinajstić information content (AvgIpc) is 2.78. The van der Waals surface area contributed by atoms with Gasteiger partial charge < -0.3 is 4.74 Å². The zero-order valence-electron chi connectivity index (χ0n) is 21.6. The molecule has 0 bridgehead atoms. The van der Waals surface area contributed by atoms with Crippen LogP contribution in [0.5, 0.6) is 5.75 Å². The van der Waals surface area contributed by atoms with Crippen LogP contribution in [0.15, 0.2) is 18.2 Å². The third kappa shape index (κ3) is 14.0. The van der Waals surface area contributed by atoms with Crippen LogP contribution in [0.1, 0.15) is 135 Å².